The maximum atomic E-state index is 5.58. The second kappa shape index (κ2) is 7.65. The van der Waals surface area contributed by atoms with Crippen LogP contribution in [0.4, 0.5) is 0 Å². The summed E-state index contributed by atoms with van der Waals surface area (Å²) in [5.74, 6) is 2.44. The fraction of sp³-hybridized carbons (Fsp3) is 0.667. The van der Waals surface area contributed by atoms with E-state index >= 15 is 0 Å². The number of rotatable bonds is 7. The first-order valence-corrected chi connectivity index (χ1v) is 9.18. The highest BCUT2D eigenvalue weighted by Gasteiger charge is 2.24. The molecule has 0 aromatic rings. The first-order chi connectivity index (χ1) is 7.00. The zero-order chi connectivity index (χ0) is 11.9. The first-order valence-electron chi connectivity index (χ1n) is 4.55. The normalized spacial score (nSPS) is 16.1. The molecule has 15 heavy (non-hydrogen) atoms. The van der Waals surface area contributed by atoms with Crippen molar-refractivity contribution in [2.75, 3.05) is 13.7 Å². The predicted molar refractivity (Wildman–Crippen MR) is 77.8 cm³/mol. The smallest absolute Gasteiger partial charge is 0.214 e. The molecule has 0 aliphatic carbocycles. The van der Waals surface area contributed by atoms with Crippen molar-refractivity contribution >= 4 is 46.5 Å². The van der Waals surface area contributed by atoms with Gasteiger partial charge >= 0.3 is 0 Å². The molecule has 0 fully saturated rings. The molecular weight excluding hydrogens is 265 g/mol. The van der Waals surface area contributed by atoms with E-state index in [4.69, 9.17) is 35.0 Å². The van der Waals surface area contributed by atoms with Crippen LogP contribution in [-0.2, 0) is 16.3 Å². The minimum Gasteiger partial charge on any atom is -0.315 e. The number of nitrogens with zero attached hydrogens (tertiary/aromatic N) is 1. The lowest BCUT2D eigenvalue weighted by Crippen LogP contribution is -2.13. The Morgan fingerprint density at radius 1 is 1.73 bits per heavy atom. The van der Waals surface area contributed by atoms with Crippen molar-refractivity contribution in [3.63, 3.8) is 0 Å². The van der Waals surface area contributed by atoms with Crippen molar-refractivity contribution in [1.29, 1.82) is 0 Å². The molecular formula is C9H16NOPS3. The minimum absolute atomic E-state index is 0.244. The van der Waals surface area contributed by atoms with E-state index in [2.05, 4.69) is 19.8 Å². The molecule has 0 saturated heterocycles. The van der Waals surface area contributed by atoms with Crippen LogP contribution in [0.25, 0.3) is 0 Å². The van der Waals surface area contributed by atoms with Crippen LogP contribution in [0.1, 0.15) is 20.3 Å². The van der Waals surface area contributed by atoms with E-state index in [0.717, 1.165) is 6.42 Å². The van der Waals surface area contributed by atoms with Gasteiger partial charge in [-0.05, 0) is 18.2 Å². The standard InChI is InChI=1S/C9H16NOPS3/c1-5-7-11-12(14,10(4)8-13)15-9(3)6-2/h1,8-9H,6-7H2,2-4H3. The molecule has 0 rings (SSSR count). The van der Waals surface area contributed by atoms with Gasteiger partial charge in [0.2, 0.25) is 5.62 Å². The maximum absolute atomic E-state index is 5.58. The third-order valence-corrected chi connectivity index (χ3v) is 9.35. The average Bonchev–Trinajstić information content (AvgIpc) is 2.24. The lowest BCUT2D eigenvalue weighted by atomic mass is 10.4. The number of thiocarbonyl (C=S) groups is 1. The van der Waals surface area contributed by atoms with Crippen LogP contribution in [0.3, 0.4) is 0 Å². The second-order valence-corrected chi connectivity index (χ2v) is 10.3. The fourth-order valence-corrected chi connectivity index (χ4v) is 7.14. The highest BCUT2D eigenvalue weighted by molar-refractivity contribution is 8.69. The highest BCUT2D eigenvalue weighted by atomic mass is 32.9. The minimum atomic E-state index is -2.12. The monoisotopic (exact) mass is 281 g/mol. The van der Waals surface area contributed by atoms with Gasteiger partial charge in [0.1, 0.15) is 6.61 Å². The lowest BCUT2D eigenvalue weighted by Gasteiger charge is -2.30. The third kappa shape index (κ3) is 5.33. The van der Waals surface area contributed by atoms with Gasteiger partial charge in [0.15, 0.2) is 0 Å². The highest BCUT2D eigenvalue weighted by Crippen LogP contribution is 2.63. The molecule has 0 bridgehead atoms. The van der Waals surface area contributed by atoms with E-state index in [1.165, 1.54) is 5.49 Å². The van der Waals surface area contributed by atoms with Crippen molar-refractivity contribution in [3.8, 4) is 12.3 Å². The van der Waals surface area contributed by atoms with Gasteiger partial charge in [-0.2, -0.15) is 0 Å². The summed E-state index contributed by atoms with van der Waals surface area (Å²) in [4.78, 5) is 0. The van der Waals surface area contributed by atoms with E-state index in [0.29, 0.717) is 5.25 Å². The Bertz CT molecular complexity index is 290. The molecule has 0 aliphatic heterocycles. The van der Waals surface area contributed by atoms with Gasteiger partial charge in [-0.25, -0.2) is 0 Å². The van der Waals surface area contributed by atoms with Crippen LogP contribution in [0.5, 0.6) is 0 Å². The Hall–Kier alpha value is 0.410. The molecule has 0 N–H and O–H groups in total. The molecule has 0 spiro atoms. The molecule has 0 amide bonds. The van der Waals surface area contributed by atoms with Gasteiger partial charge in [-0.1, -0.05) is 43.4 Å². The van der Waals surface area contributed by atoms with Crippen LogP contribution in [0.2, 0.25) is 0 Å². The van der Waals surface area contributed by atoms with Crippen LogP contribution in [0.15, 0.2) is 0 Å². The third-order valence-electron chi connectivity index (χ3n) is 1.74. The molecule has 0 saturated carbocycles. The first kappa shape index (κ1) is 15.4. The fourth-order valence-electron chi connectivity index (χ4n) is 0.674. The van der Waals surface area contributed by atoms with E-state index in [-0.39, 0.29) is 6.61 Å². The van der Waals surface area contributed by atoms with E-state index < -0.39 is 5.62 Å². The van der Waals surface area contributed by atoms with Crippen molar-refractivity contribution in [3.05, 3.63) is 0 Å². The Labute approximate surface area is 107 Å². The van der Waals surface area contributed by atoms with Gasteiger partial charge < -0.3 is 9.19 Å². The molecule has 0 aliphatic rings. The molecule has 2 unspecified atom stereocenters. The lowest BCUT2D eigenvalue weighted by molar-refractivity contribution is 0.401. The van der Waals surface area contributed by atoms with Gasteiger partial charge in [-0.15, -0.1) is 6.42 Å². The summed E-state index contributed by atoms with van der Waals surface area (Å²) in [5.41, 5.74) is -0.584. The van der Waals surface area contributed by atoms with Crippen molar-refractivity contribution in [1.82, 2.24) is 4.67 Å². The van der Waals surface area contributed by atoms with Crippen LogP contribution >= 0.6 is 29.2 Å². The number of terminal acetylenes is 1. The Morgan fingerprint density at radius 3 is 2.73 bits per heavy atom. The summed E-state index contributed by atoms with van der Waals surface area (Å²) in [6.07, 6.45) is 6.22. The summed E-state index contributed by atoms with van der Waals surface area (Å²) in [5, 5.41) is 0.450. The van der Waals surface area contributed by atoms with Crippen molar-refractivity contribution in [2.45, 2.75) is 25.5 Å². The number of hydrogen-bond acceptors (Lipinski definition) is 4. The Balaban J connectivity index is 4.63. The van der Waals surface area contributed by atoms with E-state index in [9.17, 15) is 0 Å². The summed E-state index contributed by atoms with van der Waals surface area (Å²) in [7, 11) is 1.85. The van der Waals surface area contributed by atoms with Gasteiger partial charge in [0.25, 0.3) is 0 Å². The predicted octanol–water partition coefficient (Wildman–Crippen LogP) is 3.28. The molecule has 6 heteroatoms. The Kier molecular flexibility index (Phi) is 7.85. The topological polar surface area (TPSA) is 12.5 Å². The quantitative estimate of drug-likeness (QED) is 0.402. The van der Waals surface area contributed by atoms with Crippen LogP contribution < -0.4 is 0 Å². The van der Waals surface area contributed by atoms with Crippen molar-refractivity contribution < 1.29 is 4.52 Å². The zero-order valence-corrected chi connectivity index (χ0v) is 12.5. The molecule has 0 aromatic heterocycles. The summed E-state index contributed by atoms with van der Waals surface area (Å²) in [6.45, 7) is 4.49. The maximum Gasteiger partial charge on any atom is 0.214 e. The van der Waals surface area contributed by atoms with Gasteiger partial charge in [0, 0.05) is 12.3 Å². The number of hydrogen-bond donors (Lipinski definition) is 0. The van der Waals surface area contributed by atoms with Crippen LogP contribution in [-0.4, -0.2) is 29.1 Å². The second-order valence-electron chi connectivity index (χ2n) is 2.95. The largest absolute Gasteiger partial charge is 0.315 e. The molecule has 0 aromatic carbocycles. The average molecular weight is 281 g/mol. The van der Waals surface area contributed by atoms with Gasteiger partial charge in [-0.3, -0.25) is 0 Å². The van der Waals surface area contributed by atoms with E-state index in [1.54, 1.807) is 16.1 Å². The Morgan fingerprint density at radius 2 is 2.33 bits per heavy atom. The molecule has 86 valence electrons. The molecule has 2 atom stereocenters. The molecule has 2 nitrogen and oxygen atoms in total. The summed E-state index contributed by atoms with van der Waals surface area (Å²) in [6, 6.07) is 0. The van der Waals surface area contributed by atoms with Crippen molar-refractivity contribution in [2.24, 2.45) is 0 Å². The zero-order valence-electron chi connectivity index (χ0n) is 9.17. The molecule has 0 heterocycles. The molecule has 0 radical (unpaired) electrons. The summed E-state index contributed by atoms with van der Waals surface area (Å²) < 4.78 is 7.38. The van der Waals surface area contributed by atoms with Gasteiger partial charge in [0.05, 0.1) is 5.49 Å². The summed E-state index contributed by atoms with van der Waals surface area (Å²) >= 11 is 12.1. The van der Waals surface area contributed by atoms with Crippen LogP contribution in [0, 0.1) is 12.3 Å². The van der Waals surface area contributed by atoms with E-state index in [1.807, 2.05) is 7.05 Å². The SMILES string of the molecule is C#CCOP(=S)(SC(C)CC)N(C)C=S.